The average molecular weight is 358 g/mol. The predicted octanol–water partition coefficient (Wildman–Crippen LogP) is 2.24. The molecule has 0 atom stereocenters. The molecule has 7 heteroatoms. The fourth-order valence-corrected chi connectivity index (χ4v) is 1.84. The smallest absolute Gasteiger partial charge is 0.257 e. The van der Waals surface area contributed by atoms with Gasteiger partial charge in [-0.05, 0) is 25.2 Å². The number of hydrogen-bond acceptors (Lipinski definition) is 3. The van der Waals surface area contributed by atoms with E-state index in [1.807, 2.05) is 7.05 Å². The highest BCUT2D eigenvalue weighted by molar-refractivity contribution is 9.10. The van der Waals surface area contributed by atoms with Gasteiger partial charge in [-0.2, -0.15) is 0 Å². The van der Waals surface area contributed by atoms with Crippen molar-refractivity contribution in [3.8, 4) is 5.75 Å². The van der Waals surface area contributed by atoms with Gasteiger partial charge in [-0.3, -0.25) is 4.79 Å². The zero-order chi connectivity index (χ0) is 12.7. The summed E-state index contributed by atoms with van der Waals surface area (Å²) >= 11 is 9.24. The SMILES string of the molecule is CNCCNC(=O)COc1ccc(Br)cc1Cl.Cl. The Kier molecular flexibility index (Phi) is 9.18. The molecular weight excluding hydrogens is 343 g/mol. The van der Waals surface area contributed by atoms with Crippen LogP contribution in [0.4, 0.5) is 0 Å². The number of hydrogen-bond donors (Lipinski definition) is 2. The van der Waals surface area contributed by atoms with Gasteiger partial charge in [-0.15, -0.1) is 12.4 Å². The van der Waals surface area contributed by atoms with Crippen LogP contribution in [0.1, 0.15) is 0 Å². The lowest BCUT2D eigenvalue weighted by molar-refractivity contribution is -0.123. The fourth-order valence-electron chi connectivity index (χ4n) is 1.11. The van der Waals surface area contributed by atoms with Crippen molar-refractivity contribution in [1.29, 1.82) is 0 Å². The van der Waals surface area contributed by atoms with Crippen LogP contribution in [0.2, 0.25) is 5.02 Å². The van der Waals surface area contributed by atoms with E-state index in [1.54, 1.807) is 18.2 Å². The van der Waals surface area contributed by atoms with Gasteiger partial charge < -0.3 is 15.4 Å². The van der Waals surface area contributed by atoms with E-state index in [0.29, 0.717) is 17.3 Å². The van der Waals surface area contributed by atoms with Gasteiger partial charge in [-0.25, -0.2) is 0 Å². The number of carbonyl (C=O) groups excluding carboxylic acids is 1. The zero-order valence-corrected chi connectivity index (χ0v) is 13.0. The van der Waals surface area contributed by atoms with Gasteiger partial charge in [0.25, 0.3) is 5.91 Å². The van der Waals surface area contributed by atoms with Crippen LogP contribution in [0, 0.1) is 0 Å². The molecule has 1 aromatic carbocycles. The molecule has 1 rings (SSSR count). The molecule has 0 unspecified atom stereocenters. The Morgan fingerprint density at radius 1 is 1.44 bits per heavy atom. The first-order valence-corrected chi connectivity index (χ1v) is 6.29. The first kappa shape index (κ1) is 17.5. The topological polar surface area (TPSA) is 50.4 Å². The van der Waals surface area contributed by atoms with Gasteiger partial charge >= 0.3 is 0 Å². The normalized spacial score (nSPS) is 9.50. The van der Waals surface area contributed by atoms with Gasteiger partial charge in [0.2, 0.25) is 0 Å². The molecule has 0 aliphatic carbocycles. The second kappa shape index (κ2) is 9.44. The molecule has 0 saturated heterocycles. The number of rotatable bonds is 6. The number of nitrogens with one attached hydrogen (secondary N) is 2. The van der Waals surface area contributed by atoms with Crippen molar-refractivity contribution in [2.75, 3.05) is 26.7 Å². The highest BCUT2D eigenvalue weighted by Crippen LogP contribution is 2.27. The minimum absolute atomic E-state index is 0. The third-order valence-corrected chi connectivity index (χ3v) is 2.74. The lowest BCUT2D eigenvalue weighted by Crippen LogP contribution is -2.33. The largest absolute Gasteiger partial charge is 0.482 e. The lowest BCUT2D eigenvalue weighted by atomic mass is 10.3. The maximum absolute atomic E-state index is 11.4. The van der Waals surface area contributed by atoms with Crippen LogP contribution in [0.3, 0.4) is 0 Å². The maximum Gasteiger partial charge on any atom is 0.257 e. The Morgan fingerprint density at radius 3 is 2.78 bits per heavy atom. The molecule has 0 saturated carbocycles. The van der Waals surface area contributed by atoms with Crippen molar-refractivity contribution < 1.29 is 9.53 Å². The number of likely N-dealkylation sites (N-methyl/N-ethyl adjacent to an activating group) is 1. The first-order valence-electron chi connectivity index (χ1n) is 5.12. The summed E-state index contributed by atoms with van der Waals surface area (Å²) in [4.78, 5) is 11.4. The number of halogens is 3. The van der Waals surface area contributed by atoms with E-state index in [1.165, 1.54) is 0 Å². The molecule has 1 amide bonds. The summed E-state index contributed by atoms with van der Waals surface area (Å²) in [5.41, 5.74) is 0. The van der Waals surface area contributed by atoms with Crippen LogP contribution in [0.15, 0.2) is 22.7 Å². The Bertz CT molecular complexity index is 391. The number of ether oxygens (including phenoxy) is 1. The van der Waals surface area contributed by atoms with Crippen molar-refractivity contribution >= 4 is 45.8 Å². The first-order chi connectivity index (χ1) is 8.13. The third kappa shape index (κ3) is 6.44. The van der Waals surface area contributed by atoms with E-state index in [2.05, 4.69) is 26.6 Å². The van der Waals surface area contributed by atoms with Gasteiger partial charge in [0.05, 0.1) is 5.02 Å². The summed E-state index contributed by atoms with van der Waals surface area (Å²) < 4.78 is 6.17. The van der Waals surface area contributed by atoms with Crippen LogP contribution in [-0.2, 0) is 4.79 Å². The summed E-state index contributed by atoms with van der Waals surface area (Å²) in [6.07, 6.45) is 0. The lowest BCUT2D eigenvalue weighted by Gasteiger charge is -2.08. The monoisotopic (exact) mass is 356 g/mol. The molecular formula is C11H15BrCl2N2O2. The van der Waals surface area contributed by atoms with E-state index in [9.17, 15) is 4.79 Å². The second-order valence-electron chi connectivity index (χ2n) is 3.32. The predicted molar refractivity (Wildman–Crippen MR) is 78.8 cm³/mol. The second-order valence-corrected chi connectivity index (χ2v) is 4.64. The van der Waals surface area contributed by atoms with Gasteiger partial charge in [0, 0.05) is 17.6 Å². The van der Waals surface area contributed by atoms with Crippen molar-refractivity contribution in [2.45, 2.75) is 0 Å². The van der Waals surface area contributed by atoms with Crippen LogP contribution >= 0.6 is 39.9 Å². The summed E-state index contributed by atoms with van der Waals surface area (Å²) in [6.45, 7) is 1.27. The summed E-state index contributed by atoms with van der Waals surface area (Å²) in [5, 5.41) is 6.11. The molecule has 0 heterocycles. The molecule has 0 radical (unpaired) electrons. The van der Waals surface area contributed by atoms with Gasteiger partial charge in [0.1, 0.15) is 5.75 Å². The molecule has 0 fully saturated rings. The molecule has 0 spiro atoms. The van der Waals surface area contributed by atoms with Gasteiger partial charge in [-0.1, -0.05) is 27.5 Å². The van der Waals surface area contributed by atoms with Crippen molar-refractivity contribution in [2.24, 2.45) is 0 Å². The van der Waals surface area contributed by atoms with Crippen LogP contribution in [-0.4, -0.2) is 32.7 Å². The average Bonchev–Trinajstić information content (AvgIpc) is 2.28. The molecule has 0 aliphatic rings. The molecule has 1 aromatic rings. The number of carbonyl (C=O) groups is 1. The summed E-state index contributed by atoms with van der Waals surface area (Å²) in [5.74, 6) is 0.331. The van der Waals surface area contributed by atoms with E-state index in [-0.39, 0.29) is 24.9 Å². The molecule has 102 valence electrons. The number of amides is 1. The van der Waals surface area contributed by atoms with E-state index in [4.69, 9.17) is 16.3 Å². The Balaban J connectivity index is 0.00000289. The minimum atomic E-state index is -0.167. The van der Waals surface area contributed by atoms with Crippen LogP contribution < -0.4 is 15.4 Å². The third-order valence-electron chi connectivity index (χ3n) is 1.95. The van der Waals surface area contributed by atoms with Gasteiger partial charge in [0.15, 0.2) is 6.61 Å². The summed E-state index contributed by atoms with van der Waals surface area (Å²) in [6, 6.07) is 5.24. The Labute approximate surface area is 126 Å². The van der Waals surface area contributed by atoms with Crippen molar-refractivity contribution in [3.63, 3.8) is 0 Å². The molecule has 4 nitrogen and oxygen atoms in total. The van der Waals surface area contributed by atoms with Crippen LogP contribution in [0.25, 0.3) is 0 Å². The van der Waals surface area contributed by atoms with E-state index in [0.717, 1.165) is 11.0 Å². The molecule has 0 aliphatic heterocycles. The highest BCUT2D eigenvalue weighted by Gasteiger charge is 2.05. The highest BCUT2D eigenvalue weighted by atomic mass is 79.9. The van der Waals surface area contributed by atoms with Crippen LogP contribution in [0.5, 0.6) is 5.75 Å². The number of benzene rings is 1. The molecule has 0 aromatic heterocycles. The van der Waals surface area contributed by atoms with E-state index >= 15 is 0 Å². The summed E-state index contributed by atoms with van der Waals surface area (Å²) in [7, 11) is 1.82. The zero-order valence-electron chi connectivity index (χ0n) is 9.83. The molecule has 2 N–H and O–H groups in total. The standard InChI is InChI=1S/C11H14BrClN2O2.ClH/c1-14-4-5-15-11(16)7-17-10-3-2-8(12)6-9(10)13;/h2-3,6,14H,4-5,7H2,1H3,(H,15,16);1H. The van der Waals surface area contributed by atoms with Crippen molar-refractivity contribution in [3.05, 3.63) is 27.7 Å². The quantitative estimate of drug-likeness (QED) is 0.767. The minimum Gasteiger partial charge on any atom is -0.482 e. The van der Waals surface area contributed by atoms with E-state index < -0.39 is 0 Å². The fraction of sp³-hybridized carbons (Fsp3) is 0.364. The van der Waals surface area contributed by atoms with Crippen molar-refractivity contribution in [1.82, 2.24) is 10.6 Å². The Hall–Kier alpha value is -0.490. The molecule has 18 heavy (non-hydrogen) atoms. The Morgan fingerprint density at radius 2 is 2.17 bits per heavy atom. The molecule has 0 bridgehead atoms. The maximum atomic E-state index is 11.4.